The Morgan fingerprint density at radius 2 is 1.59 bits per heavy atom. The second kappa shape index (κ2) is 10.4. The zero-order chi connectivity index (χ0) is 22.2. The fourth-order valence-electron chi connectivity index (χ4n) is 3.70. The molecule has 0 spiro atoms. The molecule has 1 fully saturated rings. The van der Waals surface area contributed by atoms with E-state index in [0.29, 0.717) is 37.7 Å². The molecule has 1 aromatic heterocycles. The number of nitrogens with zero attached hydrogens (tertiary/aromatic N) is 4. The summed E-state index contributed by atoms with van der Waals surface area (Å²) in [5.74, 6) is 1.52. The smallest absolute Gasteiger partial charge is 0.254 e. The zero-order valence-corrected chi connectivity index (χ0v) is 18.1. The van der Waals surface area contributed by atoms with Crippen molar-refractivity contribution in [3.05, 3.63) is 96.3 Å². The third-order valence-corrected chi connectivity index (χ3v) is 5.39. The molecule has 1 amide bonds. The fraction of sp³-hybridized carbons (Fsp3) is 0.192. The Bertz CT molecular complexity index is 1090. The average Bonchev–Trinajstić information content (AvgIpc) is 2.87. The molecule has 0 unspecified atom stereocenters. The Kier molecular flexibility index (Phi) is 6.92. The minimum absolute atomic E-state index is 0.0227. The van der Waals surface area contributed by atoms with E-state index >= 15 is 0 Å². The Labute approximate surface area is 188 Å². The maximum atomic E-state index is 13.5. The van der Waals surface area contributed by atoms with E-state index in [4.69, 9.17) is 4.74 Å². The summed E-state index contributed by atoms with van der Waals surface area (Å²) in [7, 11) is 1.65. The molecular formula is C26H26N4O2. The van der Waals surface area contributed by atoms with Crippen LogP contribution in [-0.4, -0.2) is 54.1 Å². The first-order valence-electron chi connectivity index (χ1n) is 10.6. The number of rotatable bonds is 6. The van der Waals surface area contributed by atoms with E-state index in [0.717, 1.165) is 16.9 Å². The summed E-state index contributed by atoms with van der Waals surface area (Å²) < 4.78 is 5.41. The van der Waals surface area contributed by atoms with Gasteiger partial charge in [-0.25, -0.2) is 9.97 Å². The van der Waals surface area contributed by atoms with Gasteiger partial charge in [0.15, 0.2) is 0 Å². The summed E-state index contributed by atoms with van der Waals surface area (Å²) in [6.07, 6.45) is 9.23. The predicted molar refractivity (Wildman–Crippen MR) is 127 cm³/mol. The van der Waals surface area contributed by atoms with E-state index in [2.05, 4.69) is 14.9 Å². The van der Waals surface area contributed by atoms with Crippen LogP contribution in [0.5, 0.6) is 5.75 Å². The molecule has 2 heterocycles. The van der Waals surface area contributed by atoms with Crippen LogP contribution in [0, 0.1) is 0 Å². The molecule has 1 saturated heterocycles. The van der Waals surface area contributed by atoms with Gasteiger partial charge in [-0.15, -0.1) is 0 Å². The van der Waals surface area contributed by atoms with Gasteiger partial charge in [0.05, 0.1) is 7.11 Å². The maximum Gasteiger partial charge on any atom is 0.254 e. The number of para-hydroxylation sites is 1. The third kappa shape index (κ3) is 5.03. The van der Waals surface area contributed by atoms with Crippen molar-refractivity contribution >= 4 is 23.5 Å². The molecule has 1 aliphatic rings. The number of carbonyl (C=O) groups is 1. The number of benzene rings is 2. The predicted octanol–water partition coefficient (Wildman–Crippen LogP) is 3.93. The van der Waals surface area contributed by atoms with Crippen LogP contribution in [0.15, 0.2) is 85.2 Å². The van der Waals surface area contributed by atoms with E-state index < -0.39 is 0 Å². The number of amides is 1. The number of ether oxygens (including phenoxy) is 1. The lowest BCUT2D eigenvalue weighted by molar-refractivity contribution is -0.125. The van der Waals surface area contributed by atoms with Crippen molar-refractivity contribution in [2.75, 3.05) is 38.2 Å². The highest BCUT2D eigenvalue weighted by Crippen LogP contribution is 2.22. The van der Waals surface area contributed by atoms with Crippen LogP contribution < -0.4 is 9.64 Å². The van der Waals surface area contributed by atoms with E-state index in [-0.39, 0.29) is 5.91 Å². The molecule has 6 heteroatoms. The Hall–Kier alpha value is -3.93. The molecule has 4 rings (SSSR count). The van der Waals surface area contributed by atoms with Gasteiger partial charge < -0.3 is 14.5 Å². The monoisotopic (exact) mass is 426 g/mol. The number of piperazine rings is 1. The molecule has 0 radical (unpaired) electrons. The van der Waals surface area contributed by atoms with Gasteiger partial charge in [0, 0.05) is 49.7 Å². The van der Waals surface area contributed by atoms with E-state index in [1.54, 1.807) is 25.6 Å². The van der Waals surface area contributed by atoms with Gasteiger partial charge in [-0.3, -0.25) is 4.79 Å². The molecule has 0 atom stereocenters. The van der Waals surface area contributed by atoms with Crippen LogP contribution in [0.4, 0.5) is 5.95 Å². The van der Waals surface area contributed by atoms with Crippen LogP contribution in [0.3, 0.4) is 0 Å². The molecule has 0 N–H and O–H groups in total. The van der Waals surface area contributed by atoms with Crippen molar-refractivity contribution in [2.45, 2.75) is 0 Å². The third-order valence-electron chi connectivity index (χ3n) is 5.39. The summed E-state index contributed by atoms with van der Waals surface area (Å²) in [5.41, 5.74) is 2.53. The Balaban J connectivity index is 1.53. The molecule has 162 valence electrons. The summed E-state index contributed by atoms with van der Waals surface area (Å²) in [4.78, 5) is 26.1. The van der Waals surface area contributed by atoms with Crippen molar-refractivity contribution in [2.24, 2.45) is 0 Å². The van der Waals surface area contributed by atoms with Gasteiger partial charge in [-0.05, 0) is 23.8 Å². The van der Waals surface area contributed by atoms with Gasteiger partial charge in [-0.1, -0.05) is 60.7 Å². The Morgan fingerprint density at radius 3 is 2.31 bits per heavy atom. The quantitative estimate of drug-likeness (QED) is 0.442. The van der Waals surface area contributed by atoms with E-state index in [9.17, 15) is 4.79 Å². The second-order valence-corrected chi connectivity index (χ2v) is 7.38. The van der Waals surface area contributed by atoms with Crippen LogP contribution in [0.1, 0.15) is 11.1 Å². The highest BCUT2D eigenvalue weighted by molar-refractivity contribution is 6.19. The van der Waals surface area contributed by atoms with Crippen molar-refractivity contribution in [1.29, 1.82) is 0 Å². The normalized spacial score (nSPS) is 14.6. The lowest BCUT2D eigenvalue weighted by atomic mass is 10.0. The molecule has 0 saturated carbocycles. The molecule has 1 aliphatic heterocycles. The first-order valence-corrected chi connectivity index (χ1v) is 10.6. The van der Waals surface area contributed by atoms with E-state index in [1.165, 1.54) is 0 Å². The van der Waals surface area contributed by atoms with Gasteiger partial charge in [0.25, 0.3) is 5.91 Å². The van der Waals surface area contributed by atoms with Crippen molar-refractivity contribution < 1.29 is 9.53 Å². The molecule has 2 aromatic carbocycles. The van der Waals surface area contributed by atoms with Crippen molar-refractivity contribution in [1.82, 2.24) is 14.9 Å². The summed E-state index contributed by atoms with van der Waals surface area (Å²) in [6.45, 7) is 2.65. The van der Waals surface area contributed by atoms with Crippen LogP contribution in [0.2, 0.25) is 0 Å². The number of anilines is 1. The zero-order valence-electron chi connectivity index (χ0n) is 18.1. The van der Waals surface area contributed by atoms with Crippen molar-refractivity contribution in [3.8, 4) is 5.75 Å². The number of allylic oxidation sites excluding steroid dienone is 2. The van der Waals surface area contributed by atoms with Gasteiger partial charge >= 0.3 is 0 Å². The van der Waals surface area contributed by atoms with Gasteiger partial charge in [0.1, 0.15) is 5.75 Å². The highest BCUT2D eigenvalue weighted by atomic mass is 16.5. The standard InChI is InChI=1S/C26H26N4O2/c1-32-24-14-6-5-11-22(24)12-7-13-23(21-9-3-2-4-10-21)25(31)29-17-19-30(20-18-29)26-27-15-8-16-28-26/h2-16H,17-20H2,1H3/b12-7+,23-13+. The minimum atomic E-state index is 0.0227. The summed E-state index contributed by atoms with van der Waals surface area (Å²) in [6, 6.07) is 19.4. The summed E-state index contributed by atoms with van der Waals surface area (Å²) >= 11 is 0. The molecule has 6 nitrogen and oxygen atoms in total. The number of carbonyl (C=O) groups excluding carboxylic acids is 1. The number of aromatic nitrogens is 2. The van der Waals surface area contributed by atoms with Crippen molar-refractivity contribution in [3.63, 3.8) is 0 Å². The molecular weight excluding hydrogens is 400 g/mol. The lowest BCUT2D eigenvalue weighted by Crippen LogP contribution is -2.49. The number of methoxy groups -OCH3 is 1. The topological polar surface area (TPSA) is 58.6 Å². The molecule has 3 aromatic rings. The second-order valence-electron chi connectivity index (χ2n) is 7.38. The van der Waals surface area contributed by atoms with Crippen LogP contribution in [0.25, 0.3) is 11.6 Å². The minimum Gasteiger partial charge on any atom is -0.496 e. The SMILES string of the molecule is COc1ccccc1/C=C/C=C(/C(=O)N1CCN(c2ncccn2)CC1)c1ccccc1. The fourth-order valence-corrected chi connectivity index (χ4v) is 3.70. The van der Waals surface area contributed by atoms with Gasteiger partial charge in [-0.2, -0.15) is 0 Å². The molecule has 32 heavy (non-hydrogen) atoms. The van der Waals surface area contributed by atoms with Gasteiger partial charge in [0.2, 0.25) is 5.95 Å². The lowest BCUT2D eigenvalue weighted by Gasteiger charge is -2.35. The number of hydrogen-bond donors (Lipinski definition) is 0. The first-order chi connectivity index (χ1) is 15.8. The first kappa shape index (κ1) is 21.3. The van der Waals surface area contributed by atoms with Crippen LogP contribution >= 0.6 is 0 Å². The largest absolute Gasteiger partial charge is 0.496 e. The van der Waals surface area contributed by atoms with E-state index in [1.807, 2.05) is 77.7 Å². The molecule has 0 aliphatic carbocycles. The van der Waals surface area contributed by atoms with Crippen LogP contribution in [-0.2, 0) is 4.79 Å². The molecule has 0 bridgehead atoms. The number of hydrogen-bond acceptors (Lipinski definition) is 5. The summed E-state index contributed by atoms with van der Waals surface area (Å²) in [5, 5.41) is 0. The highest BCUT2D eigenvalue weighted by Gasteiger charge is 2.25. The maximum absolute atomic E-state index is 13.5. The average molecular weight is 427 g/mol. The Morgan fingerprint density at radius 1 is 0.906 bits per heavy atom.